The number of rotatable bonds is 12. The van der Waals surface area contributed by atoms with E-state index >= 15 is 0 Å². The fourth-order valence-electron chi connectivity index (χ4n) is 6.09. The van der Waals surface area contributed by atoms with Crippen LogP contribution in [0.4, 0.5) is 4.39 Å². The van der Waals surface area contributed by atoms with Crippen molar-refractivity contribution in [2.45, 2.75) is 87.1 Å². The number of aromatic nitrogens is 1. The van der Waals surface area contributed by atoms with Crippen LogP contribution in [0, 0.1) is 0 Å². The standard InChI is InChI=1S/C26H42FN5O5S/c27-18-21(29-26(33)24-17-25(37-30-24)19-3-4-19)16-22-2-1-10-32(22)38(34,35)23-7-5-20(6-8-23)28-9-11-31-12-14-36-15-13-31/h17,19-23,28H,1-16,18H2,(H,29,33)/t20?,21-,22+,23?/m1/s1. The van der Waals surface area contributed by atoms with Gasteiger partial charge in [0.25, 0.3) is 5.91 Å². The molecule has 12 heteroatoms. The van der Waals surface area contributed by atoms with Gasteiger partial charge >= 0.3 is 0 Å². The van der Waals surface area contributed by atoms with Gasteiger partial charge in [-0.05, 0) is 57.8 Å². The van der Waals surface area contributed by atoms with E-state index in [0.717, 1.165) is 71.5 Å². The lowest BCUT2D eigenvalue weighted by molar-refractivity contribution is 0.0380. The quantitative estimate of drug-likeness (QED) is 0.403. The summed E-state index contributed by atoms with van der Waals surface area (Å²) in [6.07, 6.45) is 6.71. The predicted octanol–water partition coefficient (Wildman–Crippen LogP) is 2.04. The third-order valence-corrected chi connectivity index (χ3v) is 11.0. The van der Waals surface area contributed by atoms with Crippen molar-refractivity contribution in [1.82, 2.24) is 25.0 Å². The number of halogens is 1. The van der Waals surface area contributed by atoms with Crippen LogP contribution in [0.2, 0.25) is 0 Å². The van der Waals surface area contributed by atoms with E-state index in [1.165, 1.54) is 0 Å². The largest absolute Gasteiger partial charge is 0.379 e. The summed E-state index contributed by atoms with van der Waals surface area (Å²) in [6.45, 7) is 5.13. The third kappa shape index (κ3) is 6.93. The Morgan fingerprint density at radius 3 is 2.58 bits per heavy atom. The van der Waals surface area contributed by atoms with Crippen LogP contribution >= 0.6 is 0 Å². The summed E-state index contributed by atoms with van der Waals surface area (Å²) in [5, 5.41) is 9.76. The zero-order valence-corrected chi connectivity index (χ0v) is 23.0. The Labute approximate surface area is 225 Å². The zero-order chi connectivity index (χ0) is 26.5. The fourth-order valence-corrected chi connectivity index (χ4v) is 8.33. The summed E-state index contributed by atoms with van der Waals surface area (Å²) >= 11 is 0. The number of nitrogens with zero attached hydrogens (tertiary/aromatic N) is 3. The molecule has 2 saturated heterocycles. The number of carbonyl (C=O) groups is 1. The van der Waals surface area contributed by atoms with Gasteiger partial charge in [0, 0.05) is 56.8 Å². The van der Waals surface area contributed by atoms with Gasteiger partial charge < -0.3 is 19.9 Å². The topological polar surface area (TPSA) is 117 Å². The molecule has 2 aliphatic carbocycles. The predicted molar refractivity (Wildman–Crippen MR) is 140 cm³/mol. The average molecular weight is 556 g/mol. The van der Waals surface area contributed by atoms with Crippen molar-refractivity contribution in [2.24, 2.45) is 0 Å². The maximum Gasteiger partial charge on any atom is 0.273 e. The molecule has 1 amide bonds. The van der Waals surface area contributed by atoms with E-state index in [4.69, 9.17) is 9.26 Å². The second-order valence-corrected chi connectivity index (χ2v) is 13.4. The third-order valence-electron chi connectivity index (χ3n) is 8.53. The van der Waals surface area contributed by atoms with Crippen LogP contribution in [0.1, 0.15) is 80.0 Å². The maximum atomic E-state index is 13.9. The summed E-state index contributed by atoms with van der Waals surface area (Å²) in [5.74, 6) is 0.552. The van der Waals surface area contributed by atoms with Gasteiger partial charge in [-0.2, -0.15) is 4.31 Å². The fraction of sp³-hybridized carbons (Fsp3) is 0.846. The molecule has 3 heterocycles. The molecular formula is C26H42FN5O5S. The van der Waals surface area contributed by atoms with Crippen molar-refractivity contribution in [3.63, 3.8) is 0 Å². The first kappa shape index (κ1) is 27.9. The van der Waals surface area contributed by atoms with Crippen LogP contribution in [-0.2, 0) is 14.8 Å². The minimum atomic E-state index is -3.48. The summed E-state index contributed by atoms with van der Waals surface area (Å²) in [4.78, 5) is 15.0. The Balaban J connectivity index is 1.09. The molecular weight excluding hydrogens is 513 g/mol. The first-order valence-corrected chi connectivity index (χ1v) is 15.8. The molecule has 0 bridgehead atoms. The molecule has 4 fully saturated rings. The first-order chi connectivity index (χ1) is 18.4. The molecule has 2 atom stereocenters. The molecule has 214 valence electrons. The number of morpholine rings is 1. The molecule has 2 aliphatic heterocycles. The first-order valence-electron chi connectivity index (χ1n) is 14.3. The molecule has 1 aromatic rings. The SMILES string of the molecule is O=C(N[C@@H](CF)C[C@@H]1CCCN1S(=O)(=O)C1CCC(NCCN2CCOCC2)CC1)c1cc(C2CC2)on1. The van der Waals surface area contributed by atoms with Crippen molar-refractivity contribution in [3.05, 3.63) is 17.5 Å². The summed E-state index contributed by atoms with van der Waals surface area (Å²) in [7, 11) is -3.48. The van der Waals surface area contributed by atoms with E-state index in [1.807, 2.05) is 0 Å². The lowest BCUT2D eigenvalue weighted by atomic mass is 9.95. The molecule has 0 unspecified atom stereocenters. The molecule has 4 aliphatic rings. The van der Waals surface area contributed by atoms with Gasteiger partial charge in [-0.15, -0.1) is 0 Å². The van der Waals surface area contributed by atoms with Gasteiger partial charge in [0.05, 0.1) is 24.5 Å². The molecule has 0 radical (unpaired) electrons. The molecule has 10 nitrogen and oxygen atoms in total. The van der Waals surface area contributed by atoms with Gasteiger partial charge in [-0.3, -0.25) is 9.69 Å². The number of amides is 1. The molecule has 0 aromatic carbocycles. The van der Waals surface area contributed by atoms with Gasteiger partial charge in [0.15, 0.2) is 5.69 Å². The molecule has 2 N–H and O–H groups in total. The van der Waals surface area contributed by atoms with E-state index in [-0.39, 0.29) is 18.2 Å². The Bertz CT molecular complexity index is 1020. The molecule has 38 heavy (non-hydrogen) atoms. The Kier molecular flexibility index (Phi) is 9.35. The van der Waals surface area contributed by atoms with Crippen LogP contribution in [0.25, 0.3) is 0 Å². The lowest BCUT2D eigenvalue weighted by Gasteiger charge is -2.34. The normalized spacial score (nSPS) is 28.4. The van der Waals surface area contributed by atoms with Gasteiger partial charge in [0.2, 0.25) is 10.0 Å². The summed E-state index contributed by atoms with van der Waals surface area (Å²) in [6, 6.07) is 0.906. The highest BCUT2D eigenvalue weighted by molar-refractivity contribution is 7.89. The van der Waals surface area contributed by atoms with Gasteiger partial charge in [-0.1, -0.05) is 5.16 Å². The highest BCUT2D eigenvalue weighted by Gasteiger charge is 2.41. The van der Waals surface area contributed by atoms with Crippen molar-refractivity contribution < 1.29 is 26.9 Å². The Morgan fingerprint density at radius 2 is 1.87 bits per heavy atom. The second-order valence-electron chi connectivity index (χ2n) is 11.3. The monoisotopic (exact) mass is 555 g/mol. The number of hydrogen-bond acceptors (Lipinski definition) is 8. The molecule has 1 aromatic heterocycles. The molecule has 0 spiro atoms. The Hall–Kier alpha value is -1.60. The highest BCUT2D eigenvalue weighted by Crippen LogP contribution is 2.40. The van der Waals surface area contributed by atoms with Crippen LogP contribution in [0.15, 0.2) is 10.6 Å². The summed E-state index contributed by atoms with van der Waals surface area (Å²) < 4.78 is 53.4. The van der Waals surface area contributed by atoms with Crippen LogP contribution in [0.5, 0.6) is 0 Å². The lowest BCUT2D eigenvalue weighted by Crippen LogP contribution is -2.48. The van der Waals surface area contributed by atoms with Crippen molar-refractivity contribution in [2.75, 3.05) is 52.6 Å². The number of carbonyl (C=O) groups excluding carboxylic acids is 1. The second kappa shape index (κ2) is 12.7. The van der Waals surface area contributed by atoms with Crippen LogP contribution in [0.3, 0.4) is 0 Å². The smallest absolute Gasteiger partial charge is 0.273 e. The van der Waals surface area contributed by atoms with E-state index in [2.05, 4.69) is 20.7 Å². The average Bonchev–Trinajstić information content (AvgIpc) is 3.46. The number of alkyl halides is 1. The van der Waals surface area contributed by atoms with E-state index < -0.39 is 33.9 Å². The van der Waals surface area contributed by atoms with Crippen molar-refractivity contribution >= 4 is 15.9 Å². The van der Waals surface area contributed by atoms with Crippen molar-refractivity contribution in [1.29, 1.82) is 0 Å². The Morgan fingerprint density at radius 1 is 1.11 bits per heavy atom. The number of nitrogens with one attached hydrogen (secondary N) is 2. The number of ether oxygens (including phenoxy) is 1. The number of sulfonamides is 1. The van der Waals surface area contributed by atoms with Gasteiger partial charge in [0.1, 0.15) is 12.4 Å². The molecule has 5 rings (SSSR count). The maximum absolute atomic E-state index is 13.9. The molecule has 2 saturated carbocycles. The van der Waals surface area contributed by atoms with Crippen LogP contribution in [-0.4, -0.2) is 105 Å². The minimum absolute atomic E-state index is 0.150. The van der Waals surface area contributed by atoms with Crippen LogP contribution < -0.4 is 10.6 Å². The highest BCUT2D eigenvalue weighted by atomic mass is 32.2. The zero-order valence-electron chi connectivity index (χ0n) is 22.2. The van der Waals surface area contributed by atoms with Crippen molar-refractivity contribution in [3.8, 4) is 0 Å². The summed E-state index contributed by atoms with van der Waals surface area (Å²) in [5.41, 5.74) is 0.150. The van der Waals surface area contributed by atoms with E-state index in [1.54, 1.807) is 10.4 Å². The van der Waals surface area contributed by atoms with E-state index in [9.17, 15) is 17.6 Å². The number of hydrogen-bond donors (Lipinski definition) is 2. The van der Waals surface area contributed by atoms with E-state index in [0.29, 0.717) is 43.5 Å². The van der Waals surface area contributed by atoms with Gasteiger partial charge in [-0.25, -0.2) is 12.8 Å². The minimum Gasteiger partial charge on any atom is -0.379 e.